The van der Waals surface area contributed by atoms with Crippen molar-refractivity contribution in [3.63, 3.8) is 0 Å². The molecule has 1 N–H and O–H groups in total. The van der Waals surface area contributed by atoms with Crippen LogP contribution in [-0.4, -0.2) is 52.5 Å². The van der Waals surface area contributed by atoms with E-state index in [0.717, 1.165) is 59.8 Å². The minimum atomic E-state index is -0.382. The van der Waals surface area contributed by atoms with Crippen molar-refractivity contribution in [1.82, 2.24) is 14.9 Å². The zero-order valence-corrected chi connectivity index (χ0v) is 19.1. The minimum Gasteiger partial charge on any atom is -0.369 e. The Hall–Kier alpha value is -3.56. The number of benzene rings is 2. The first-order chi connectivity index (χ1) is 16.1. The van der Waals surface area contributed by atoms with E-state index in [1.807, 2.05) is 23.6 Å². The van der Waals surface area contributed by atoms with Gasteiger partial charge in [-0.15, -0.1) is 11.3 Å². The maximum absolute atomic E-state index is 11.2. The first kappa shape index (κ1) is 21.3. The van der Waals surface area contributed by atoms with Gasteiger partial charge in [0.15, 0.2) is 0 Å². The molecular weight excluding hydrogens is 436 g/mol. The highest BCUT2D eigenvalue weighted by Crippen LogP contribution is 2.34. The average molecular weight is 461 g/mol. The molecule has 0 spiro atoms. The SMILES string of the molecule is CCN1CCN(c2ccc(Nc3ncc4scc(-c5cccc([N+](=O)[O-])c5)c4n3)cc2)CC1. The highest BCUT2D eigenvalue weighted by Gasteiger charge is 2.16. The van der Waals surface area contributed by atoms with Crippen LogP contribution < -0.4 is 10.2 Å². The Labute approximate surface area is 195 Å². The molecule has 0 aliphatic carbocycles. The second-order valence-electron chi connectivity index (χ2n) is 7.96. The van der Waals surface area contributed by atoms with Gasteiger partial charge in [-0.1, -0.05) is 19.1 Å². The van der Waals surface area contributed by atoms with Crippen molar-refractivity contribution in [3.8, 4) is 11.1 Å². The maximum Gasteiger partial charge on any atom is 0.270 e. The van der Waals surface area contributed by atoms with Gasteiger partial charge in [-0.25, -0.2) is 9.97 Å². The zero-order valence-electron chi connectivity index (χ0n) is 18.3. The van der Waals surface area contributed by atoms with E-state index in [9.17, 15) is 10.1 Å². The van der Waals surface area contributed by atoms with Gasteiger partial charge in [0.2, 0.25) is 5.95 Å². The molecule has 2 aromatic heterocycles. The smallest absolute Gasteiger partial charge is 0.270 e. The van der Waals surface area contributed by atoms with Crippen molar-refractivity contribution >= 4 is 44.6 Å². The van der Waals surface area contributed by atoms with E-state index in [1.54, 1.807) is 18.3 Å². The molecule has 1 aliphatic heterocycles. The Kier molecular flexibility index (Phi) is 5.89. The summed E-state index contributed by atoms with van der Waals surface area (Å²) in [4.78, 5) is 24.8. The molecule has 1 aliphatic rings. The number of anilines is 3. The predicted octanol–water partition coefficient (Wildman–Crippen LogP) is 5.15. The number of aromatic nitrogens is 2. The predicted molar refractivity (Wildman–Crippen MR) is 134 cm³/mol. The summed E-state index contributed by atoms with van der Waals surface area (Å²) in [6.45, 7) is 7.58. The molecule has 4 aromatic rings. The summed E-state index contributed by atoms with van der Waals surface area (Å²) in [6, 6.07) is 15.0. The van der Waals surface area contributed by atoms with Gasteiger partial charge < -0.3 is 15.1 Å². The molecule has 2 aromatic carbocycles. The topological polar surface area (TPSA) is 87.4 Å². The molecule has 9 heteroatoms. The third kappa shape index (κ3) is 4.50. The van der Waals surface area contributed by atoms with Crippen molar-refractivity contribution in [1.29, 1.82) is 0 Å². The van der Waals surface area contributed by atoms with E-state index in [2.05, 4.69) is 39.2 Å². The van der Waals surface area contributed by atoms with E-state index < -0.39 is 0 Å². The van der Waals surface area contributed by atoms with Crippen molar-refractivity contribution in [2.45, 2.75) is 6.92 Å². The van der Waals surface area contributed by atoms with Crippen molar-refractivity contribution in [2.24, 2.45) is 0 Å². The molecule has 33 heavy (non-hydrogen) atoms. The van der Waals surface area contributed by atoms with Gasteiger partial charge in [-0.3, -0.25) is 10.1 Å². The number of rotatable bonds is 6. The number of non-ortho nitro benzene ring substituents is 1. The molecule has 0 saturated carbocycles. The van der Waals surface area contributed by atoms with Crippen LogP contribution in [0, 0.1) is 10.1 Å². The fraction of sp³-hybridized carbons (Fsp3) is 0.250. The first-order valence-corrected chi connectivity index (χ1v) is 11.8. The van der Waals surface area contributed by atoms with Crippen LogP contribution in [0.25, 0.3) is 21.3 Å². The fourth-order valence-corrected chi connectivity index (χ4v) is 4.96. The summed E-state index contributed by atoms with van der Waals surface area (Å²) in [5, 5.41) is 16.4. The number of nitrogens with zero attached hydrogens (tertiary/aromatic N) is 5. The maximum atomic E-state index is 11.2. The van der Waals surface area contributed by atoms with Crippen molar-refractivity contribution in [3.05, 3.63) is 70.2 Å². The van der Waals surface area contributed by atoms with E-state index in [4.69, 9.17) is 4.98 Å². The number of likely N-dealkylation sites (N-methyl/N-ethyl adjacent to an activating group) is 1. The summed E-state index contributed by atoms with van der Waals surface area (Å²) in [5.74, 6) is 0.497. The summed E-state index contributed by atoms with van der Waals surface area (Å²) in [5.41, 5.74) is 4.62. The lowest BCUT2D eigenvalue weighted by molar-refractivity contribution is -0.384. The molecule has 0 amide bonds. The number of hydrogen-bond donors (Lipinski definition) is 1. The van der Waals surface area contributed by atoms with Crippen LogP contribution in [0.1, 0.15) is 6.92 Å². The number of piperazine rings is 1. The van der Waals surface area contributed by atoms with Crippen LogP contribution in [-0.2, 0) is 0 Å². The molecule has 0 radical (unpaired) electrons. The van der Waals surface area contributed by atoms with Gasteiger partial charge >= 0.3 is 0 Å². The Morgan fingerprint density at radius 2 is 1.91 bits per heavy atom. The summed E-state index contributed by atoms with van der Waals surface area (Å²) in [7, 11) is 0. The molecule has 168 valence electrons. The average Bonchev–Trinajstić information content (AvgIpc) is 3.28. The number of hydrogen-bond acceptors (Lipinski definition) is 8. The minimum absolute atomic E-state index is 0.0652. The van der Waals surface area contributed by atoms with Gasteiger partial charge in [0.25, 0.3) is 5.69 Å². The van der Waals surface area contributed by atoms with E-state index in [1.165, 1.54) is 23.1 Å². The Bertz CT molecular complexity index is 1280. The third-order valence-electron chi connectivity index (χ3n) is 5.99. The summed E-state index contributed by atoms with van der Waals surface area (Å²) in [6.07, 6.45) is 1.79. The lowest BCUT2D eigenvalue weighted by Crippen LogP contribution is -2.46. The second-order valence-corrected chi connectivity index (χ2v) is 8.87. The number of fused-ring (bicyclic) bond motifs is 1. The molecule has 3 heterocycles. The highest BCUT2D eigenvalue weighted by molar-refractivity contribution is 7.17. The van der Waals surface area contributed by atoms with Crippen molar-refractivity contribution < 1.29 is 4.92 Å². The van der Waals surface area contributed by atoms with E-state index in [-0.39, 0.29) is 10.6 Å². The standard InChI is InChI=1S/C24H24N6O2S/c1-2-28-10-12-29(13-11-28)19-8-6-18(7-9-19)26-24-25-15-22-23(27-24)21(16-33-22)17-4-3-5-20(14-17)30(31)32/h3-9,14-16H,2,10-13H2,1H3,(H,25,26,27). The van der Waals surface area contributed by atoms with Crippen LogP contribution in [0.2, 0.25) is 0 Å². The third-order valence-corrected chi connectivity index (χ3v) is 6.90. The van der Waals surface area contributed by atoms with Gasteiger partial charge in [0.05, 0.1) is 21.3 Å². The fourth-order valence-electron chi connectivity index (χ4n) is 4.09. The van der Waals surface area contributed by atoms with Gasteiger partial charge in [0.1, 0.15) is 0 Å². The molecule has 0 unspecified atom stereocenters. The number of nitro groups is 1. The Morgan fingerprint density at radius 1 is 1.12 bits per heavy atom. The van der Waals surface area contributed by atoms with Gasteiger partial charge in [0, 0.05) is 60.6 Å². The van der Waals surface area contributed by atoms with E-state index in [0.29, 0.717) is 5.95 Å². The molecule has 5 rings (SSSR count). The lowest BCUT2D eigenvalue weighted by atomic mass is 10.1. The molecule has 0 atom stereocenters. The lowest BCUT2D eigenvalue weighted by Gasteiger charge is -2.35. The number of nitro benzene ring substituents is 1. The highest BCUT2D eigenvalue weighted by atomic mass is 32.1. The Morgan fingerprint density at radius 3 is 2.64 bits per heavy atom. The van der Waals surface area contributed by atoms with Crippen LogP contribution in [0.4, 0.5) is 23.0 Å². The van der Waals surface area contributed by atoms with E-state index >= 15 is 0 Å². The second kappa shape index (κ2) is 9.13. The number of thiophene rings is 1. The van der Waals surface area contributed by atoms with Crippen LogP contribution in [0.5, 0.6) is 0 Å². The van der Waals surface area contributed by atoms with Gasteiger partial charge in [-0.05, 0) is 36.4 Å². The Balaban J connectivity index is 1.35. The van der Waals surface area contributed by atoms with Crippen LogP contribution >= 0.6 is 11.3 Å². The summed E-state index contributed by atoms with van der Waals surface area (Å²) >= 11 is 1.53. The van der Waals surface area contributed by atoms with Crippen LogP contribution in [0.15, 0.2) is 60.1 Å². The van der Waals surface area contributed by atoms with Gasteiger partial charge in [-0.2, -0.15) is 0 Å². The quantitative estimate of drug-likeness (QED) is 0.314. The monoisotopic (exact) mass is 460 g/mol. The molecular formula is C24H24N6O2S. The molecule has 1 fully saturated rings. The van der Waals surface area contributed by atoms with Crippen LogP contribution in [0.3, 0.4) is 0 Å². The number of nitrogens with one attached hydrogen (secondary N) is 1. The zero-order chi connectivity index (χ0) is 22.8. The molecule has 0 bridgehead atoms. The normalized spacial score (nSPS) is 14.5. The first-order valence-electron chi connectivity index (χ1n) is 10.9. The molecule has 8 nitrogen and oxygen atoms in total. The largest absolute Gasteiger partial charge is 0.369 e. The summed E-state index contributed by atoms with van der Waals surface area (Å²) < 4.78 is 0.934. The van der Waals surface area contributed by atoms with Crippen molar-refractivity contribution in [2.75, 3.05) is 42.9 Å². The molecule has 1 saturated heterocycles.